The van der Waals surface area contributed by atoms with Gasteiger partial charge in [-0.2, -0.15) is 0 Å². The van der Waals surface area contributed by atoms with Crippen molar-refractivity contribution in [3.63, 3.8) is 0 Å². The van der Waals surface area contributed by atoms with Crippen molar-refractivity contribution < 1.29 is 9.59 Å². The van der Waals surface area contributed by atoms with E-state index >= 15 is 0 Å². The molecule has 2 amide bonds. The van der Waals surface area contributed by atoms with Gasteiger partial charge >= 0.3 is 6.03 Å². The van der Waals surface area contributed by atoms with Crippen LogP contribution in [0.15, 0.2) is 36.4 Å². The Morgan fingerprint density at radius 1 is 1.05 bits per heavy atom. The van der Waals surface area contributed by atoms with E-state index in [1.807, 2.05) is 26.0 Å². The molecule has 0 aliphatic carbocycles. The van der Waals surface area contributed by atoms with Gasteiger partial charge in [-0.3, -0.25) is 9.78 Å². The van der Waals surface area contributed by atoms with Crippen LogP contribution < -0.4 is 10.6 Å². The summed E-state index contributed by atoms with van der Waals surface area (Å²) in [7, 11) is 0. The monoisotopic (exact) mass is 283 g/mol. The molecule has 2 N–H and O–H groups in total. The van der Waals surface area contributed by atoms with E-state index in [0.29, 0.717) is 16.9 Å². The largest absolute Gasteiger partial charge is 0.323 e. The highest BCUT2D eigenvalue weighted by Crippen LogP contribution is 2.15. The number of aromatic nitrogens is 1. The van der Waals surface area contributed by atoms with Gasteiger partial charge in [-0.1, -0.05) is 12.1 Å². The molecule has 21 heavy (non-hydrogen) atoms. The first kappa shape index (κ1) is 14.7. The van der Waals surface area contributed by atoms with Gasteiger partial charge in [0.05, 0.1) is 11.4 Å². The summed E-state index contributed by atoms with van der Waals surface area (Å²) >= 11 is 0. The lowest BCUT2D eigenvalue weighted by Crippen LogP contribution is -2.20. The van der Waals surface area contributed by atoms with Gasteiger partial charge in [-0.05, 0) is 45.0 Å². The smallest absolute Gasteiger partial charge is 0.308 e. The van der Waals surface area contributed by atoms with Gasteiger partial charge in [0.15, 0.2) is 5.78 Å². The second-order valence-corrected chi connectivity index (χ2v) is 4.80. The Balaban J connectivity index is 2.08. The van der Waals surface area contributed by atoms with Crippen molar-refractivity contribution in [2.45, 2.75) is 20.8 Å². The fourth-order valence-electron chi connectivity index (χ4n) is 1.92. The fourth-order valence-corrected chi connectivity index (χ4v) is 1.92. The minimum atomic E-state index is -0.371. The van der Waals surface area contributed by atoms with Crippen molar-refractivity contribution in [1.82, 2.24) is 4.98 Å². The highest BCUT2D eigenvalue weighted by Gasteiger charge is 2.07. The number of benzene rings is 1. The number of Topliss-reactive ketones (excluding diaryl/α,β-unsaturated/α-hetero) is 1. The molecule has 0 saturated heterocycles. The van der Waals surface area contributed by atoms with Crippen LogP contribution in [-0.4, -0.2) is 16.8 Å². The summed E-state index contributed by atoms with van der Waals surface area (Å²) in [6.45, 7) is 5.21. The number of carbonyl (C=O) groups is 2. The lowest BCUT2D eigenvalue weighted by molar-refractivity contribution is 0.101. The Morgan fingerprint density at radius 2 is 1.81 bits per heavy atom. The number of hydrogen-bond donors (Lipinski definition) is 2. The molecular formula is C16H17N3O2. The Kier molecular flexibility index (Phi) is 4.33. The number of nitrogens with one attached hydrogen (secondary N) is 2. The maximum absolute atomic E-state index is 12.0. The van der Waals surface area contributed by atoms with Crippen LogP contribution in [0.3, 0.4) is 0 Å². The molecular weight excluding hydrogens is 266 g/mol. The van der Waals surface area contributed by atoms with Crippen molar-refractivity contribution in [2.75, 3.05) is 10.6 Å². The standard InChI is InChI=1S/C16H17N3O2/c1-10-7-8-15(11(2)17-10)19-16(21)18-14-6-4-5-13(9-14)12(3)20/h4-9H,1-3H3,(H2,18,19,21). The van der Waals surface area contributed by atoms with Crippen LogP contribution in [0.4, 0.5) is 16.2 Å². The minimum Gasteiger partial charge on any atom is -0.308 e. The van der Waals surface area contributed by atoms with Gasteiger partial charge in [0.2, 0.25) is 0 Å². The second kappa shape index (κ2) is 6.17. The van der Waals surface area contributed by atoms with Gasteiger partial charge < -0.3 is 10.6 Å². The summed E-state index contributed by atoms with van der Waals surface area (Å²) in [4.78, 5) is 27.6. The number of carbonyl (C=O) groups excluding carboxylic acids is 2. The number of anilines is 2. The zero-order valence-corrected chi connectivity index (χ0v) is 12.2. The van der Waals surface area contributed by atoms with Crippen molar-refractivity contribution in [2.24, 2.45) is 0 Å². The number of ketones is 1. The van der Waals surface area contributed by atoms with Crippen molar-refractivity contribution in [1.29, 1.82) is 0 Å². The molecule has 2 rings (SSSR count). The topological polar surface area (TPSA) is 71.1 Å². The molecule has 0 atom stereocenters. The van der Waals surface area contributed by atoms with Crippen molar-refractivity contribution in [3.05, 3.63) is 53.3 Å². The third kappa shape index (κ3) is 3.89. The third-order valence-electron chi connectivity index (χ3n) is 3.00. The van der Waals surface area contributed by atoms with Crippen molar-refractivity contribution in [3.8, 4) is 0 Å². The number of amides is 2. The molecule has 0 aliphatic heterocycles. The highest BCUT2D eigenvalue weighted by atomic mass is 16.2. The van der Waals surface area contributed by atoms with Crippen LogP contribution in [0, 0.1) is 13.8 Å². The Hall–Kier alpha value is -2.69. The van der Waals surface area contributed by atoms with E-state index in [1.165, 1.54) is 6.92 Å². The third-order valence-corrected chi connectivity index (χ3v) is 3.00. The van der Waals surface area contributed by atoms with Crippen molar-refractivity contribution >= 4 is 23.2 Å². The highest BCUT2D eigenvalue weighted by molar-refractivity contribution is 6.01. The number of nitrogens with zero attached hydrogens (tertiary/aromatic N) is 1. The van der Waals surface area contributed by atoms with Crippen LogP contribution in [0.2, 0.25) is 0 Å². The summed E-state index contributed by atoms with van der Waals surface area (Å²) in [6, 6.07) is 10.1. The minimum absolute atomic E-state index is 0.0439. The predicted molar refractivity (Wildman–Crippen MR) is 82.8 cm³/mol. The first-order chi connectivity index (χ1) is 9.95. The average molecular weight is 283 g/mol. The molecule has 0 unspecified atom stereocenters. The van der Waals surface area contributed by atoms with E-state index < -0.39 is 0 Å². The van der Waals surface area contributed by atoms with Gasteiger partial charge in [0.25, 0.3) is 0 Å². The maximum atomic E-state index is 12.0. The van der Waals surface area contributed by atoms with Crippen LogP contribution >= 0.6 is 0 Å². The quantitative estimate of drug-likeness (QED) is 0.846. The molecule has 1 heterocycles. The number of rotatable bonds is 3. The van der Waals surface area contributed by atoms with E-state index in [9.17, 15) is 9.59 Å². The van der Waals surface area contributed by atoms with E-state index in [-0.39, 0.29) is 11.8 Å². The van der Waals surface area contributed by atoms with Crippen LogP contribution in [0.5, 0.6) is 0 Å². The van der Waals surface area contributed by atoms with Gasteiger partial charge in [0, 0.05) is 16.9 Å². The Morgan fingerprint density at radius 3 is 2.48 bits per heavy atom. The lowest BCUT2D eigenvalue weighted by Gasteiger charge is -2.10. The second-order valence-electron chi connectivity index (χ2n) is 4.80. The van der Waals surface area contributed by atoms with Gasteiger partial charge in [0.1, 0.15) is 0 Å². The van der Waals surface area contributed by atoms with Gasteiger partial charge in [-0.15, -0.1) is 0 Å². The molecule has 0 aliphatic rings. The average Bonchev–Trinajstić information content (AvgIpc) is 2.42. The summed E-state index contributed by atoms with van der Waals surface area (Å²) in [5.41, 5.74) is 3.43. The van der Waals surface area contributed by atoms with E-state index in [1.54, 1.807) is 24.3 Å². The fraction of sp³-hybridized carbons (Fsp3) is 0.188. The van der Waals surface area contributed by atoms with Crippen LogP contribution in [0.1, 0.15) is 28.7 Å². The molecule has 0 fully saturated rings. The van der Waals surface area contributed by atoms with E-state index in [4.69, 9.17) is 0 Å². The number of pyridine rings is 1. The summed E-state index contributed by atoms with van der Waals surface area (Å²) < 4.78 is 0. The molecule has 0 saturated carbocycles. The summed E-state index contributed by atoms with van der Waals surface area (Å²) in [5, 5.41) is 5.43. The zero-order chi connectivity index (χ0) is 15.4. The Labute approximate surface area is 123 Å². The van der Waals surface area contributed by atoms with E-state index in [0.717, 1.165) is 11.4 Å². The molecule has 1 aromatic heterocycles. The number of aryl methyl sites for hydroxylation is 2. The predicted octanol–water partition coefficient (Wildman–Crippen LogP) is 3.55. The molecule has 108 valence electrons. The molecule has 5 heteroatoms. The summed E-state index contributed by atoms with van der Waals surface area (Å²) in [5.74, 6) is -0.0439. The molecule has 0 bridgehead atoms. The van der Waals surface area contributed by atoms with Gasteiger partial charge in [-0.25, -0.2) is 4.79 Å². The first-order valence-electron chi connectivity index (χ1n) is 6.59. The molecule has 5 nitrogen and oxygen atoms in total. The van der Waals surface area contributed by atoms with Crippen LogP contribution in [-0.2, 0) is 0 Å². The normalized spacial score (nSPS) is 10.0. The lowest BCUT2D eigenvalue weighted by atomic mass is 10.1. The van der Waals surface area contributed by atoms with Crippen LogP contribution in [0.25, 0.3) is 0 Å². The SMILES string of the molecule is CC(=O)c1cccc(NC(=O)Nc2ccc(C)nc2C)c1. The maximum Gasteiger partial charge on any atom is 0.323 e. The molecule has 0 radical (unpaired) electrons. The number of urea groups is 1. The zero-order valence-electron chi connectivity index (χ0n) is 12.2. The first-order valence-corrected chi connectivity index (χ1v) is 6.59. The summed E-state index contributed by atoms with van der Waals surface area (Å²) in [6.07, 6.45) is 0. The molecule has 0 spiro atoms. The number of hydrogen-bond acceptors (Lipinski definition) is 3. The Bertz CT molecular complexity index is 696. The molecule has 2 aromatic rings. The van der Waals surface area contributed by atoms with E-state index in [2.05, 4.69) is 15.6 Å². The molecule has 1 aromatic carbocycles.